The first-order valence-electron chi connectivity index (χ1n) is 5.58. The van der Waals surface area contributed by atoms with Gasteiger partial charge in [-0.2, -0.15) is 0 Å². The van der Waals surface area contributed by atoms with Gasteiger partial charge in [0.15, 0.2) is 0 Å². The Balaban J connectivity index is 2.24. The molecule has 1 N–H and O–H groups in total. The van der Waals surface area contributed by atoms with Gasteiger partial charge >= 0.3 is 0 Å². The molecule has 0 aliphatic carbocycles. The number of hydrogen-bond acceptors (Lipinski definition) is 3. The summed E-state index contributed by atoms with van der Waals surface area (Å²) >= 11 is 5.77. The minimum Gasteiger partial charge on any atom is -0.311 e. The lowest BCUT2D eigenvalue weighted by Crippen LogP contribution is -2.20. The molecule has 5 heteroatoms. The Labute approximate surface area is 110 Å². The largest absolute Gasteiger partial charge is 0.311 e. The maximum Gasteiger partial charge on any atom is 0.145 e. The van der Waals surface area contributed by atoms with Crippen molar-refractivity contribution in [2.45, 2.75) is 12.5 Å². The molecule has 0 fully saturated rings. The summed E-state index contributed by atoms with van der Waals surface area (Å²) < 4.78 is 13.8. The van der Waals surface area contributed by atoms with Crippen LogP contribution >= 0.6 is 11.6 Å². The number of likely N-dealkylation sites (N-methyl/N-ethyl adjacent to an activating group) is 1. The van der Waals surface area contributed by atoms with Crippen molar-refractivity contribution in [2.24, 2.45) is 0 Å². The van der Waals surface area contributed by atoms with Crippen LogP contribution in [-0.4, -0.2) is 17.0 Å². The van der Waals surface area contributed by atoms with Gasteiger partial charge in [-0.15, -0.1) is 0 Å². The van der Waals surface area contributed by atoms with Gasteiger partial charge in [-0.1, -0.05) is 23.7 Å². The Bertz CT molecular complexity index is 519. The molecule has 1 aromatic carbocycles. The van der Waals surface area contributed by atoms with Crippen molar-refractivity contribution in [1.29, 1.82) is 0 Å². The smallest absolute Gasteiger partial charge is 0.145 e. The summed E-state index contributed by atoms with van der Waals surface area (Å²) in [4.78, 5) is 8.04. The van der Waals surface area contributed by atoms with Crippen LogP contribution in [0.25, 0.3) is 0 Å². The number of rotatable bonds is 4. The van der Waals surface area contributed by atoms with E-state index in [2.05, 4.69) is 15.3 Å². The van der Waals surface area contributed by atoms with E-state index in [4.69, 9.17) is 11.6 Å². The third-order valence-corrected chi connectivity index (χ3v) is 3.06. The number of aromatic nitrogens is 2. The summed E-state index contributed by atoms with van der Waals surface area (Å²) in [7, 11) is 1.81. The van der Waals surface area contributed by atoms with Crippen molar-refractivity contribution in [1.82, 2.24) is 15.3 Å². The maximum absolute atomic E-state index is 13.8. The molecule has 0 spiro atoms. The van der Waals surface area contributed by atoms with Crippen LogP contribution in [0.3, 0.4) is 0 Å². The summed E-state index contributed by atoms with van der Waals surface area (Å²) in [5.74, 6) is -0.367. The maximum atomic E-state index is 13.8. The summed E-state index contributed by atoms with van der Waals surface area (Å²) in [5.41, 5.74) is 1.40. The lowest BCUT2D eigenvalue weighted by molar-refractivity contribution is 0.544. The number of nitrogens with zero attached hydrogens (tertiary/aromatic N) is 2. The van der Waals surface area contributed by atoms with Gasteiger partial charge in [-0.25, -0.2) is 14.4 Å². The molecule has 1 unspecified atom stereocenters. The predicted octanol–water partition coefficient (Wildman–Crippen LogP) is 2.77. The third kappa shape index (κ3) is 2.83. The lowest BCUT2D eigenvalue weighted by Gasteiger charge is -2.16. The first kappa shape index (κ1) is 12.9. The Morgan fingerprint density at radius 1 is 1.39 bits per heavy atom. The van der Waals surface area contributed by atoms with Crippen molar-refractivity contribution in [2.75, 3.05) is 7.05 Å². The molecule has 0 radical (unpaired) electrons. The Morgan fingerprint density at radius 3 is 2.89 bits per heavy atom. The summed E-state index contributed by atoms with van der Waals surface area (Å²) in [5, 5.41) is 3.26. The van der Waals surface area contributed by atoms with Gasteiger partial charge in [0, 0.05) is 6.20 Å². The molecular weight excluding hydrogens is 253 g/mol. The second-order valence-electron chi connectivity index (χ2n) is 3.89. The molecule has 94 valence electrons. The van der Waals surface area contributed by atoms with Gasteiger partial charge in [-0.3, -0.25) is 0 Å². The molecule has 18 heavy (non-hydrogen) atoms. The van der Waals surface area contributed by atoms with E-state index >= 15 is 0 Å². The molecule has 2 rings (SSSR count). The van der Waals surface area contributed by atoms with Crippen LogP contribution in [0.5, 0.6) is 0 Å². The van der Waals surface area contributed by atoms with Gasteiger partial charge in [0.2, 0.25) is 0 Å². The highest BCUT2D eigenvalue weighted by Gasteiger charge is 2.15. The van der Waals surface area contributed by atoms with E-state index in [0.717, 1.165) is 5.69 Å². The molecule has 1 aromatic heterocycles. The van der Waals surface area contributed by atoms with Crippen LogP contribution in [0.15, 0.2) is 36.8 Å². The number of halogens is 2. The fourth-order valence-electron chi connectivity index (χ4n) is 1.79. The van der Waals surface area contributed by atoms with Crippen molar-refractivity contribution in [3.8, 4) is 0 Å². The van der Waals surface area contributed by atoms with Crippen molar-refractivity contribution in [3.63, 3.8) is 0 Å². The zero-order valence-corrected chi connectivity index (χ0v) is 10.7. The molecule has 1 heterocycles. The standard InChI is InChI=1S/C13H13ClFN3/c1-16-12(11-5-6-17-8-18-11)7-9-3-2-4-10(14)13(9)15/h2-6,8,12,16H,7H2,1H3. The Hall–Kier alpha value is -1.52. The number of nitrogens with one attached hydrogen (secondary N) is 1. The van der Waals surface area contributed by atoms with Crippen molar-refractivity contribution >= 4 is 11.6 Å². The first-order chi connectivity index (χ1) is 8.72. The van der Waals surface area contributed by atoms with Crippen LogP contribution < -0.4 is 5.32 Å². The second-order valence-corrected chi connectivity index (χ2v) is 4.30. The fraction of sp³-hybridized carbons (Fsp3) is 0.231. The van der Waals surface area contributed by atoms with E-state index in [-0.39, 0.29) is 16.9 Å². The first-order valence-corrected chi connectivity index (χ1v) is 5.96. The zero-order chi connectivity index (χ0) is 13.0. The molecule has 0 aliphatic heterocycles. The van der Waals surface area contributed by atoms with Gasteiger partial charge in [-0.05, 0) is 31.2 Å². The van der Waals surface area contributed by atoms with E-state index in [1.165, 1.54) is 6.33 Å². The van der Waals surface area contributed by atoms with Crippen molar-refractivity contribution in [3.05, 3.63) is 58.9 Å². The molecule has 0 bridgehead atoms. The Kier molecular flexibility index (Phi) is 4.23. The van der Waals surface area contributed by atoms with Crippen LogP contribution in [0.4, 0.5) is 4.39 Å². The molecule has 3 nitrogen and oxygen atoms in total. The van der Waals surface area contributed by atoms with Gasteiger partial charge in [0.1, 0.15) is 12.1 Å². The second kappa shape index (κ2) is 5.89. The highest BCUT2D eigenvalue weighted by Crippen LogP contribution is 2.22. The average Bonchev–Trinajstić information content (AvgIpc) is 2.41. The zero-order valence-electron chi connectivity index (χ0n) is 9.90. The van der Waals surface area contributed by atoms with Gasteiger partial charge in [0.25, 0.3) is 0 Å². The minimum atomic E-state index is -0.367. The SMILES string of the molecule is CNC(Cc1cccc(Cl)c1F)c1ccncn1. The average molecular weight is 266 g/mol. The number of benzene rings is 1. The van der Waals surface area contributed by atoms with Crippen LogP contribution in [0.1, 0.15) is 17.3 Å². The minimum absolute atomic E-state index is 0.0685. The lowest BCUT2D eigenvalue weighted by atomic mass is 10.0. The monoisotopic (exact) mass is 265 g/mol. The van der Waals surface area contributed by atoms with Crippen LogP contribution in [0, 0.1) is 5.82 Å². The van der Waals surface area contributed by atoms with Gasteiger partial charge in [0.05, 0.1) is 16.8 Å². The number of hydrogen-bond donors (Lipinski definition) is 1. The molecule has 0 amide bonds. The molecule has 1 atom stereocenters. The fourth-order valence-corrected chi connectivity index (χ4v) is 1.98. The van der Waals surface area contributed by atoms with E-state index < -0.39 is 0 Å². The van der Waals surface area contributed by atoms with Crippen LogP contribution in [0.2, 0.25) is 5.02 Å². The molecular formula is C13H13ClFN3. The summed E-state index contributed by atoms with van der Waals surface area (Å²) in [6, 6.07) is 6.75. The quantitative estimate of drug-likeness (QED) is 0.924. The summed E-state index contributed by atoms with van der Waals surface area (Å²) in [6.45, 7) is 0. The predicted molar refractivity (Wildman–Crippen MR) is 68.9 cm³/mol. The van der Waals surface area contributed by atoms with Crippen LogP contribution in [-0.2, 0) is 6.42 Å². The third-order valence-electron chi connectivity index (χ3n) is 2.77. The van der Waals surface area contributed by atoms with E-state index in [0.29, 0.717) is 12.0 Å². The van der Waals surface area contributed by atoms with Crippen molar-refractivity contribution < 1.29 is 4.39 Å². The van der Waals surface area contributed by atoms with E-state index in [1.54, 1.807) is 24.4 Å². The summed E-state index contributed by atoms with van der Waals surface area (Å²) in [6.07, 6.45) is 3.63. The van der Waals surface area contributed by atoms with E-state index in [1.807, 2.05) is 13.1 Å². The highest BCUT2D eigenvalue weighted by atomic mass is 35.5. The highest BCUT2D eigenvalue weighted by molar-refractivity contribution is 6.30. The van der Waals surface area contributed by atoms with Gasteiger partial charge < -0.3 is 5.32 Å². The normalized spacial score (nSPS) is 12.4. The molecule has 2 aromatic rings. The molecule has 0 aliphatic rings. The Morgan fingerprint density at radius 2 is 2.22 bits per heavy atom. The molecule has 0 saturated carbocycles. The van der Waals surface area contributed by atoms with E-state index in [9.17, 15) is 4.39 Å². The topological polar surface area (TPSA) is 37.8 Å². The molecule has 0 saturated heterocycles.